The van der Waals surface area contributed by atoms with Crippen molar-refractivity contribution >= 4 is 0 Å². The number of morpholine rings is 1. The van der Waals surface area contributed by atoms with E-state index < -0.39 is 0 Å². The fourth-order valence-corrected chi connectivity index (χ4v) is 2.85. The number of hydrogen-bond acceptors (Lipinski definition) is 4. The monoisotopic (exact) mass is 263 g/mol. The van der Waals surface area contributed by atoms with E-state index in [1.54, 1.807) is 0 Å². The zero-order valence-corrected chi connectivity index (χ0v) is 12.0. The first-order valence-electron chi connectivity index (χ1n) is 7.26. The van der Waals surface area contributed by atoms with Crippen molar-refractivity contribution in [2.45, 2.75) is 44.8 Å². The smallest absolute Gasteiger partial charge is 0.0622 e. The summed E-state index contributed by atoms with van der Waals surface area (Å²) in [5.74, 6) is 0. The summed E-state index contributed by atoms with van der Waals surface area (Å²) in [6, 6.07) is 4.96. The Bertz CT molecular complexity index is 371. The summed E-state index contributed by atoms with van der Waals surface area (Å²) in [5.41, 5.74) is 7.61. The number of hydrogen-bond donors (Lipinski definition) is 1. The molecule has 2 N–H and O–H groups in total. The minimum atomic E-state index is 0.136. The van der Waals surface area contributed by atoms with Gasteiger partial charge >= 0.3 is 0 Å². The fraction of sp³-hybridized carbons (Fsp3) is 0.667. The highest BCUT2D eigenvalue weighted by atomic mass is 16.5. The fourth-order valence-electron chi connectivity index (χ4n) is 2.85. The van der Waals surface area contributed by atoms with E-state index in [1.807, 2.05) is 18.5 Å². The summed E-state index contributed by atoms with van der Waals surface area (Å²) < 4.78 is 5.60. The Labute approximate surface area is 116 Å². The molecule has 1 saturated heterocycles. The van der Waals surface area contributed by atoms with Gasteiger partial charge in [0.25, 0.3) is 0 Å². The Balaban J connectivity index is 2.26. The quantitative estimate of drug-likeness (QED) is 0.882. The topological polar surface area (TPSA) is 51.4 Å². The van der Waals surface area contributed by atoms with Gasteiger partial charge in [-0.25, -0.2) is 0 Å². The largest absolute Gasteiger partial charge is 0.378 e. The number of nitrogens with zero attached hydrogens (tertiary/aromatic N) is 2. The number of nitrogens with two attached hydrogens (primary N) is 1. The lowest BCUT2D eigenvalue weighted by Gasteiger charge is -2.43. The Morgan fingerprint density at radius 2 is 2.37 bits per heavy atom. The third-order valence-electron chi connectivity index (χ3n) is 4.00. The van der Waals surface area contributed by atoms with Crippen LogP contribution in [-0.4, -0.2) is 41.7 Å². The second kappa shape index (κ2) is 6.98. The van der Waals surface area contributed by atoms with E-state index in [0.29, 0.717) is 6.04 Å². The molecular formula is C15H25N3O. The van der Waals surface area contributed by atoms with Crippen LogP contribution >= 0.6 is 0 Å². The van der Waals surface area contributed by atoms with Crippen molar-refractivity contribution in [3.05, 3.63) is 30.1 Å². The lowest BCUT2D eigenvalue weighted by Crippen LogP contribution is -2.51. The van der Waals surface area contributed by atoms with Gasteiger partial charge in [-0.3, -0.25) is 9.88 Å². The highest BCUT2D eigenvalue weighted by Gasteiger charge is 2.32. The highest BCUT2D eigenvalue weighted by Crippen LogP contribution is 2.29. The molecule has 1 aromatic heterocycles. The molecule has 4 nitrogen and oxygen atoms in total. The third kappa shape index (κ3) is 3.32. The molecule has 106 valence electrons. The Morgan fingerprint density at radius 3 is 3.00 bits per heavy atom. The maximum absolute atomic E-state index is 6.39. The molecule has 0 bridgehead atoms. The average Bonchev–Trinajstić information content (AvgIpc) is 2.49. The lowest BCUT2D eigenvalue weighted by atomic mass is 9.95. The summed E-state index contributed by atoms with van der Waals surface area (Å²) in [6.07, 6.45) is 5.82. The first-order valence-corrected chi connectivity index (χ1v) is 7.26. The zero-order valence-electron chi connectivity index (χ0n) is 12.0. The van der Waals surface area contributed by atoms with Gasteiger partial charge in [0.1, 0.15) is 0 Å². The first-order chi connectivity index (χ1) is 9.27. The maximum Gasteiger partial charge on any atom is 0.0622 e. The molecule has 1 aliphatic heterocycles. The third-order valence-corrected chi connectivity index (χ3v) is 4.00. The van der Waals surface area contributed by atoms with Crippen LogP contribution in [-0.2, 0) is 4.74 Å². The van der Waals surface area contributed by atoms with Crippen molar-refractivity contribution in [2.24, 2.45) is 5.73 Å². The number of pyridine rings is 1. The highest BCUT2D eigenvalue weighted by molar-refractivity contribution is 5.17. The summed E-state index contributed by atoms with van der Waals surface area (Å²) in [5, 5.41) is 0. The molecule has 3 unspecified atom stereocenters. The van der Waals surface area contributed by atoms with Crippen LogP contribution in [0.3, 0.4) is 0 Å². The van der Waals surface area contributed by atoms with Crippen molar-refractivity contribution in [3.63, 3.8) is 0 Å². The normalized spacial score (nSPS) is 24.1. The van der Waals surface area contributed by atoms with Gasteiger partial charge in [-0.1, -0.05) is 19.9 Å². The second-order valence-corrected chi connectivity index (χ2v) is 5.18. The Morgan fingerprint density at radius 1 is 1.53 bits per heavy atom. The molecule has 4 heteroatoms. The van der Waals surface area contributed by atoms with Gasteiger partial charge in [-0.15, -0.1) is 0 Å². The van der Waals surface area contributed by atoms with Crippen LogP contribution in [0.1, 0.15) is 38.3 Å². The second-order valence-electron chi connectivity index (χ2n) is 5.18. The van der Waals surface area contributed by atoms with E-state index in [0.717, 1.165) is 32.6 Å². The molecule has 0 spiro atoms. The Hall–Kier alpha value is -0.970. The molecule has 2 rings (SSSR count). The molecule has 2 heterocycles. The molecule has 19 heavy (non-hydrogen) atoms. The van der Waals surface area contributed by atoms with E-state index in [2.05, 4.69) is 29.8 Å². The summed E-state index contributed by atoms with van der Waals surface area (Å²) >= 11 is 0. The molecule has 1 aromatic rings. The summed E-state index contributed by atoms with van der Waals surface area (Å²) in [7, 11) is 0. The van der Waals surface area contributed by atoms with Crippen molar-refractivity contribution in [1.29, 1.82) is 0 Å². The minimum Gasteiger partial charge on any atom is -0.378 e. The van der Waals surface area contributed by atoms with Crippen LogP contribution in [0.25, 0.3) is 0 Å². The van der Waals surface area contributed by atoms with Gasteiger partial charge in [0.05, 0.1) is 19.3 Å². The van der Waals surface area contributed by atoms with Crippen LogP contribution in [0.2, 0.25) is 0 Å². The molecule has 3 atom stereocenters. The Kier molecular flexibility index (Phi) is 5.31. The van der Waals surface area contributed by atoms with Gasteiger partial charge < -0.3 is 10.5 Å². The number of rotatable bonds is 5. The van der Waals surface area contributed by atoms with E-state index in [4.69, 9.17) is 10.5 Å². The number of aromatic nitrogens is 1. The summed E-state index contributed by atoms with van der Waals surface area (Å²) in [6.45, 7) is 6.92. The predicted octanol–water partition coefficient (Wildman–Crippen LogP) is 1.97. The van der Waals surface area contributed by atoms with Crippen LogP contribution < -0.4 is 5.73 Å². The van der Waals surface area contributed by atoms with E-state index >= 15 is 0 Å². The van der Waals surface area contributed by atoms with Gasteiger partial charge in [0.2, 0.25) is 0 Å². The number of ether oxygens (including phenoxy) is 1. The summed E-state index contributed by atoms with van der Waals surface area (Å²) in [4.78, 5) is 6.76. The molecule has 0 aromatic carbocycles. The molecule has 0 amide bonds. The molecule has 1 aliphatic rings. The molecule has 1 fully saturated rings. The van der Waals surface area contributed by atoms with Crippen LogP contribution in [0.5, 0.6) is 0 Å². The van der Waals surface area contributed by atoms with Gasteiger partial charge in [-0.05, 0) is 24.5 Å². The predicted molar refractivity (Wildman–Crippen MR) is 76.8 cm³/mol. The maximum atomic E-state index is 6.39. The van der Waals surface area contributed by atoms with E-state index in [9.17, 15) is 0 Å². The molecule has 0 radical (unpaired) electrons. The van der Waals surface area contributed by atoms with Crippen LogP contribution in [0.15, 0.2) is 24.5 Å². The molecule has 0 aliphatic carbocycles. The van der Waals surface area contributed by atoms with Gasteiger partial charge in [0, 0.05) is 31.0 Å². The lowest BCUT2D eigenvalue weighted by molar-refractivity contribution is -0.0363. The first kappa shape index (κ1) is 14.4. The SMILES string of the molecule is CCC(N)C(c1cccnc1)N1CCOCC1CC. The van der Waals surface area contributed by atoms with Gasteiger partial charge in [-0.2, -0.15) is 0 Å². The van der Waals surface area contributed by atoms with Crippen molar-refractivity contribution < 1.29 is 4.74 Å². The molecule has 0 saturated carbocycles. The van der Waals surface area contributed by atoms with Crippen LogP contribution in [0, 0.1) is 0 Å². The van der Waals surface area contributed by atoms with Gasteiger partial charge in [0.15, 0.2) is 0 Å². The van der Waals surface area contributed by atoms with Crippen molar-refractivity contribution in [2.75, 3.05) is 19.8 Å². The average molecular weight is 263 g/mol. The van der Waals surface area contributed by atoms with Crippen molar-refractivity contribution in [1.82, 2.24) is 9.88 Å². The minimum absolute atomic E-state index is 0.136. The van der Waals surface area contributed by atoms with E-state index in [1.165, 1.54) is 5.56 Å². The van der Waals surface area contributed by atoms with Crippen molar-refractivity contribution in [3.8, 4) is 0 Å². The molecular weight excluding hydrogens is 238 g/mol. The van der Waals surface area contributed by atoms with Crippen LogP contribution in [0.4, 0.5) is 0 Å². The zero-order chi connectivity index (χ0) is 13.7. The standard InChI is InChI=1S/C15H25N3O/c1-3-13-11-19-9-8-18(13)15(14(16)4-2)12-6-5-7-17-10-12/h5-7,10,13-15H,3-4,8-9,11,16H2,1-2H3. The van der Waals surface area contributed by atoms with E-state index in [-0.39, 0.29) is 12.1 Å².